The van der Waals surface area contributed by atoms with E-state index in [1.54, 1.807) is 0 Å². The minimum absolute atomic E-state index is 0. The number of hydrogen-bond donors (Lipinski definition) is 9. The second-order valence-corrected chi connectivity index (χ2v) is 7.32. The Hall–Kier alpha value is 0.710. The van der Waals surface area contributed by atoms with Gasteiger partial charge < -0.3 is 59.7 Å². The molecule has 9 N–H and O–H groups in total. The molecular weight excluding hydrogens is 422 g/mol. The summed E-state index contributed by atoms with van der Waals surface area (Å²) in [6.07, 6.45) is -14.1. The van der Waals surface area contributed by atoms with E-state index >= 15 is 0 Å². The van der Waals surface area contributed by atoms with Gasteiger partial charge in [0.15, 0.2) is 12.4 Å². The van der Waals surface area contributed by atoms with Crippen LogP contribution in [0.3, 0.4) is 0 Å². The molecule has 162 valence electrons. The van der Waals surface area contributed by atoms with E-state index in [4.69, 9.17) is 24.0 Å². The van der Waals surface area contributed by atoms with Gasteiger partial charge in [0, 0.05) is 0 Å². The summed E-state index contributed by atoms with van der Waals surface area (Å²) in [5.74, 6) is -2.53. The number of phosphoric ester groups is 1. The van der Waals surface area contributed by atoms with E-state index < -0.39 is 82.4 Å². The third-order valence-corrected chi connectivity index (χ3v) is 4.79. The van der Waals surface area contributed by atoms with Gasteiger partial charge in [-0.25, -0.2) is 4.57 Å². The summed E-state index contributed by atoms with van der Waals surface area (Å²) in [7, 11) is -5.24. The van der Waals surface area contributed by atoms with Crippen LogP contribution < -0.4 is 0 Å². The van der Waals surface area contributed by atoms with E-state index in [0.717, 1.165) is 0 Å². The molecule has 0 unspecified atom stereocenters. The average Bonchev–Trinajstić information content (AvgIpc) is 2.86. The van der Waals surface area contributed by atoms with Crippen LogP contribution in [-0.2, 0) is 23.3 Å². The quantitative estimate of drug-likeness (QED) is 0.131. The second kappa shape index (κ2) is 10.3. The van der Waals surface area contributed by atoms with Crippen molar-refractivity contribution >= 4 is 37.4 Å². The third-order valence-electron chi connectivity index (χ3n) is 4.29. The molecule has 0 aromatic heterocycles. The molecule has 2 fully saturated rings. The number of rotatable bonds is 7. The predicted molar refractivity (Wildman–Crippen MR) is 86.7 cm³/mol. The summed E-state index contributed by atoms with van der Waals surface area (Å²) in [5.41, 5.74) is 0. The van der Waals surface area contributed by atoms with E-state index in [9.17, 15) is 40.3 Å². The fourth-order valence-corrected chi connectivity index (χ4v) is 3.49. The van der Waals surface area contributed by atoms with Crippen LogP contribution in [0.5, 0.6) is 0 Å². The molecule has 0 saturated carbocycles. The summed E-state index contributed by atoms with van der Waals surface area (Å²) in [5, 5.41) is 67.8. The van der Waals surface area contributed by atoms with Gasteiger partial charge in [0.2, 0.25) is 5.79 Å². The first-order valence-corrected chi connectivity index (χ1v) is 9.32. The normalized spacial score (nSPS) is 44.3. The summed E-state index contributed by atoms with van der Waals surface area (Å²) in [6.45, 7) is -2.82. The Morgan fingerprint density at radius 1 is 0.893 bits per heavy atom. The molecule has 28 heavy (non-hydrogen) atoms. The van der Waals surface area contributed by atoms with E-state index in [0.29, 0.717) is 0 Å². The Balaban J connectivity index is 0.00000392. The van der Waals surface area contributed by atoms with Crippen LogP contribution in [0.1, 0.15) is 0 Å². The number of ether oxygens (including phenoxy) is 3. The van der Waals surface area contributed by atoms with Crippen LogP contribution in [0.15, 0.2) is 0 Å². The van der Waals surface area contributed by atoms with Gasteiger partial charge in [0.25, 0.3) is 0 Å². The van der Waals surface area contributed by atoms with Crippen molar-refractivity contribution in [3.63, 3.8) is 0 Å². The molecule has 0 aromatic rings. The molecule has 16 heteroatoms. The number of aliphatic hydroxyl groups excluding tert-OH is 7. The van der Waals surface area contributed by atoms with E-state index in [2.05, 4.69) is 4.52 Å². The van der Waals surface area contributed by atoms with Crippen molar-refractivity contribution in [1.82, 2.24) is 0 Å². The summed E-state index contributed by atoms with van der Waals surface area (Å²) in [6, 6.07) is 0. The first kappa shape index (κ1) is 26.7. The topological polar surface area (TPSA) is 236 Å². The van der Waals surface area contributed by atoms with Gasteiger partial charge >= 0.3 is 37.4 Å². The summed E-state index contributed by atoms with van der Waals surface area (Å²) in [4.78, 5) is 18.1. The van der Waals surface area contributed by atoms with E-state index in [1.807, 2.05) is 0 Å². The van der Waals surface area contributed by atoms with Gasteiger partial charge in [-0.15, -0.1) is 0 Å². The van der Waals surface area contributed by atoms with Crippen LogP contribution in [0.2, 0.25) is 0 Å². The molecular formula is C12H24NaO14P. The third kappa shape index (κ3) is 5.49. The van der Waals surface area contributed by atoms with Crippen molar-refractivity contribution in [2.75, 3.05) is 19.8 Å². The first-order chi connectivity index (χ1) is 12.5. The predicted octanol–water partition coefficient (Wildman–Crippen LogP) is -5.93. The number of hydrogen-bond acceptors (Lipinski definition) is 12. The zero-order chi connectivity index (χ0) is 20.6. The second-order valence-electron chi connectivity index (χ2n) is 6.13. The summed E-state index contributed by atoms with van der Waals surface area (Å²) < 4.78 is 31.1. The zero-order valence-corrected chi connectivity index (χ0v) is 14.6. The van der Waals surface area contributed by atoms with Crippen molar-refractivity contribution in [3.8, 4) is 0 Å². The SMILES string of the molecule is O=P(O)(O)O[C@H]1[C@H](O)[C@@H](CO)O[C@@]1(CO)O[C@H]1O[C@H](CO)[C@@H](O)[C@H](O)[C@H]1O.[NaH]. The molecule has 2 aliphatic heterocycles. The first-order valence-electron chi connectivity index (χ1n) is 7.79. The van der Waals surface area contributed by atoms with Crippen molar-refractivity contribution in [1.29, 1.82) is 0 Å². The zero-order valence-electron chi connectivity index (χ0n) is 13.8. The Morgan fingerprint density at radius 3 is 1.93 bits per heavy atom. The molecule has 2 rings (SSSR count). The molecule has 0 aromatic carbocycles. The molecule has 14 nitrogen and oxygen atoms in total. The Bertz CT molecular complexity index is 546. The molecule has 9 atom stereocenters. The van der Waals surface area contributed by atoms with Crippen molar-refractivity contribution in [2.24, 2.45) is 0 Å². The van der Waals surface area contributed by atoms with Crippen molar-refractivity contribution in [2.45, 2.75) is 54.8 Å². The van der Waals surface area contributed by atoms with Crippen molar-refractivity contribution < 1.29 is 68.8 Å². The van der Waals surface area contributed by atoms with E-state index in [-0.39, 0.29) is 29.6 Å². The van der Waals surface area contributed by atoms with Crippen LogP contribution in [-0.4, -0.2) is 150 Å². The molecule has 2 saturated heterocycles. The van der Waals surface area contributed by atoms with Crippen LogP contribution in [0, 0.1) is 0 Å². The number of aliphatic hydroxyl groups is 7. The Morgan fingerprint density at radius 2 is 1.46 bits per heavy atom. The van der Waals surface area contributed by atoms with Gasteiger partial charge in [-0.1, -0.05) is 0 Å². The standard InChI is InChI=1S/C12H23O14P.Na.H/c13-1-4-6(16)8(18)9(19)11(23-4)25-12(3-15)10(26-27(20,21)22)7(17)5(2-14)24-12;;/h4-11,13-19H,1-3H2,(H2,20,21,22);;/t4-,5-,6-,7-,8+,9-,10+,11-,12+;;/m1../s1. The maximum atomic E-state index is 11.2. The molecule has 0 amide bonds. The van der Waals surface area contributed by atoms with Gasteiger partial charge in [-0.3, -0.25) is 4.52 Å². The average molecular weight is 446 g/mol. The molecule has 0 spiro atoms. The molecule has 2 heterocycles. The van der Waals surface area contributed by atoms with Gasteiger partial charge in [0.1, 0.15) is 43.2 Å². The molecule has 2 aliphatic rings. The van der Waals surface area contributed by atoms with Gasteiger partial charge in [-0.2, -0.15) is 0 Å². The fraction of sp³-hybridized carbons (Fsp3) is 1.00. The Kier molecular flexibility index (Phi) is 9.88. The summed E-state index contributed by atoms with van der Waals surface area (Å²) >= 11 is 0. The van der Waals surface area contributed by atoms with Crippen LogP contribution >= 0.6 is 7.82 Å². The molecule has 0 radical (unpaired) electrons. The maximum absolute atomic E-state index is 11.2. The molecule has 0 bridgehead atoms. The van der Waals surface area contributed by atoms with Gasteiger partial charge in [-0.05, 0) is 0 Å². The van der Waals surface area contributed by atoms with Crippen LogP contribution in [0.25, 0.3) is 0 Å². The minimum atomic E-state index is -5.24. The van der Waals surface area contributed by atoms with E-state index in [1.165, 1.54) is 0 Å². The number of phosphoric acid groups is 1. The van der Waals surface area contributed by atoms with Crippen molar-refractivity contribution in [3.05, 3.63) is 0 Å². The monoisotopic (exact) mass is 446 g/mol. The van der Waals surface area contributed by atoms with Crippen LogP contribution in [0.4, 0.5) is 0 Å². The van der Waals surface area contributed by atoms with Gasteiger partial charge in [0.05, 0.1) is 13.2 Å². The fourth-order valence-electron chi connectivity index (χ4n) is 2.90. The molecule has 0 aliphatic carbocycles. The Labute approximate surface area is 180 Å².